The topological polar surface area (TPSA) is 91.8 Å². The number of nitrogens with two attached hydrogens (primary N) is 1. The van der Waals surface area contributed by atoms with E-state index in [0.717, 1.165) is 0 Å². The molecule has 2 rings (SSSR count). The predicted octanol–water partition coefficient (Wildman–Crippen LogP) is 1.79. The number of amides is 1. The van der Waals surface area contributed by atoms with Crippen LogP contribution >= 0.6 is 0 Å². The van der Waals surface area contributed by atoms with E-state index in [1.54, 1.807) is 36.4 Å². The molecule has 3 N–H and O–H groups in total. The summed E-state index contributed by atoms with van der Waals surface area (Å²) in [5.41, 5.74) is 6.74. The van der Waals surface area contributed by atoms with Crippen LogP contribution in [0.3, 0.4) is 0 Å². The van der Waals surface area contributed by atoms with Crippen LogP contribution in [0.5, 0.6) is 0 Å². The molecule has 18 heavy (non-hydrogen) atoms. The Balaban J connectivity index is 2.28. The molecule has 0 saturated heterocycles. The molecule has 0 radical (unpaired) electrons. The van der Waals surface area contributed by atoms with Crippen molar-refractivity contribution in [2.75, 3.05) is 11.1 Å². The first-order valence-electron chi connectivity index (χ1n) is 5.23. The Morgan fingerprint density at radius 2 is 2.06 bits per heavy atom. The number of para-hydroxylation sites is 1. The quantitative estimate of drug-likeness (QED) is 0.780. The lowest BCUT2D eigenvalue weighted by atomic mass is 10.1. The minimum absolute atomic E-state index is 0.230. The fraction of sp³-hybridized carbons (Fsp3) is 0. The van der Waals surface area contributed by atoms with E-state index in [-0.39, 0.29) is 11.7 Å². The molecule has 0 fully saturated rings. The summed E-state index contributed by atoms with van der Waals surface area (Å²) >= 11 is 0. The lowest BCUT2D eigenvalue weighted by Crippen LogP contribution is -2.15. The summed E-state index contributed by atoms with van der Waals surface area (Å²) in [5.74, 6) is -0.156. The summed E-state index contributed by atoms with van der Waals surface area (Å²) in [5, 5.41) is 11.5. The number of rotatable bonds is 2. The number of nitrogens with one attached hydrogen (secondary N) is 1. The van der Waals surface area contributed by atoms with Gasteiger partial charge in [-0.15, -0.1) is 0 Å². The Hall–Kier alpha value is -2.87. The molecule has 0 atom stereocenters. The first-order valence-corrected chi connectivity index (χ1v) is 5.23. The van der Waals surface area contributed by atoms with Gasteiger partial charge in [-0.3, -0.25) is 4.79 Å². The van der Waals surface area contributed by atoms with Crippen molar-refractivity contribution >= 4 is 17.4 Å². The van der Waals surface area contributed by atoms with E-state index in [0.29, 0.717) is 16.8 Å². The Morgan fingerprint density at radius 1 is 1.28 bits per heavy atom. The van der Waals surface area contributed by atoms with E-state index in [1.165, 1.54) is 6.20 Å². The van der Waals surface area contributed by atoms with E-state index in [4.69, 9.17) is 11.0 Å². The highest BCUT2D eigenvalue weighted by Gasteiger charge is 2.11. The molecule has 88 valence electrons. The monoisotopic (exact) mass is 238 g/mol. The number of nitrogen functional groups attached to an aromatic ring is 1. The van der Waals surface area contributed by atoms with Gasteiger partial charge in [0.25, 0.3) is 5.91 Å². The van der Waals surface area contributed by atoms with Gasteiger partial charge in [-0.05, 0) is 24.3 Å². The van der Waals surface area contributed by atoms with Crippen molar-refractivity contribution in [1.29, 1.82) is 5.26 Å². The number of nitrogens with zero attached hydrogens (tertiary/aromatic N) is 2. The van der Waals surface area contributed by atoms with Crippen LogP contribution in [0.25, 0.3) is 0 Å². The second kappa shape index (κ2) is 4.97. The number of pyridine rings is 1. The largest absolute Gasteiger partial charge is 0.398 e. The summed E-state index contributed by atoms with van der Waals surface area (Å²) < 4.78 is 0. The zero-order valence-electron chi connectivity index (χ0n) is 9.42. The molecule has 5 nitrogen and oxygen atoms in total. The zero-order valence-corrected chi connectivity index (χ0v) is 9.42. The van der Waals surface area contributed by atoms with Crippen molar-refractivity contribution in [1.82, 2.24) is 4.98 Å². The third-order valence-electron chi connectivity index (χ3n) is 2.37. The van der Waals surface area contributed by atoms with Crippen molar-refractivity contribution in [2.45, 2.75) is 0 Å². The van der Waals surface area contributed by atoms with Gasteiger partial charge in [-0.2, -0.15) is 5.26 Å². The summed E-state index contributed by atoms with van der Waals surface area (Å²) in [4.78, 5) is 15.9. The summed E-state index contributed by atoms with van der Waals surface area (Å²) in [6.07, 6.45) is 1.50. The van der Waals surface area contributed by atoms with Gasteiger partial charge < -0.3 is 11.1 Å². The summed E-state index contributed by atoms with van der Waals surface area (Å²) in [7, 11) is 0. The minimum Gasteiger partial charge on any atom is -0.398 e. The molecule has 1 amide bonds. The van der Waals surface area contributed by atoms with Gasteiger partial charge >= 0.3 is 0 Å². The maximum atomic E-state index is 12.0. The zero-order chi connectivity index (χ0) is 13.0. The van der Waals surface area contributed by atoms with E-state index in [1.807, 2.05) is 6.07 Å². The molecule has 0 bridgehead atoms. The second-order valence-corrected chi connectivity index (χ2v) is 3.55. The first-order chi connectivity index (χ1) is 8.72. The van der Waals surface area contributed by atoms with Crippen molar-refractivity contribution in [2.24, 2.45) is 0 Å². The SMILES string of the molecule is N#Cc1cccnc1NC(=O)c1ccccc1N. The summed E-state index contributed by atoms with van der Waals surface area (Å²) in [6, 6.07) is 11.9. The van der Waals surface area contributed by atoms with Gasteiger partial charge in [-0.1, -0.05) is 12.1 Å². The van der Waals surface area contributed by atoms with Crippen LogP contribution < -0.4 is 11.1 Å². The van der Waals surface area contributed by atoms with Crippen molar-refractivity contribution in [3.05, 3.63) is 53.7 Å². The van der Waals surface area contributed by atoms with Crippen LogP contribution in [0.4, 0.5) is 11.5 Å². The number of hydrogen-bond donors (Lipinski definition) is 2. The molecule has 0 spiro atoms. The molecule has 5 heteroatoms. The molecule has 0 saturated carbocycles. The molecule has 1 aromatic carbocycles. The molecule has 1 heterocycles. The van der Waals surface area contributed by atoms with Gasteiger partial charge in [0.15, 0.2) is 5.82 Å². The van der Waals surface area contributed by atoms with Crippen LogP contribution in [0.2, 0.25) is 0 Å². The lowest BCUT2D eigenvalue weighted by molar-refractivity contribution is 0.102. The number of benzene rings is 1. The Kier molecular flexibility index (Phi) is 3.21. The second-order valence-electron chi connectivity index (χ2n) is 3.55. The van der Waals surface area contributed by atoms with Gasteiger partial charge in [-0.25, -0.2) is 4.98 Å². The smallest absolute Gasteiger partial charge is 0.258 e. The highest BCUT2D eigenvalue weighted by atomic mass is 16.1. The van der Waals surface area contributed by atoms with Crippen molar-refractivity contribution < 1.29 is 4.79 Å². The van der Waals surface area contributed by atoms with E-state index in [2.05, 4.69) is 10.3 Å². The van der Waals surface area contributed by atoms with Crippen LogP contribution in [0.15, 0.2) is 42.6 Å². The average Bonchev–Trinajstić information content (AvgIpc) is 2.39. The predicted molar refractivity (Wildman–Crippen MR) is 67.8 cm³/mol. The fourth-order valence-electron chi connectivity index (χ4n) is 1.47. The van der Waals surface area contributed by atoms with Gasteiger partial charge in [0.2, 0.25) is 0 Å². The van der Waals surface area contributed by atoms with Crippen LogP contribution in [0.1, 0.15) is 15.9 Å². The van der Waals surface area contributed by atoms with Crippen LogP contribution in [-0.2, 0) is 0 Å². The molecule has 0 unspecified atom stereocenters. The standard InChI is InChI=1S/C13H10N4O/c14-8-9-4-3-7-16-12(9)17-13(18)10-5-1-2-6-11(10)15/h1-7H,15H2,(H,16,17,18). The Bertz CT molecular complexity index is 631. The first kappa shape index (κ1) is 11.6. The van der Waals surface area contributed by atoms with Gasteiger partial charge in [0.05, 0.1) is 11.1 Å². The third kappa shape index (κ3) is 2.28. The average molecular weight is 238 g/mol. The highest BCUT2D eigenvalue weighted by molar-refractivity contribution is 6.07. The molecule has 1 aromatic heterocycles. The molecule has 0 aliphatic heterocycles. The molecule has 0 aliphatic carbocycles. The molecular formula is C13H10N4O. The maximum Gasteiger partial charge on any atom is 0.258 e. The number of carbonyl (C=O) groups excluding carboxylic acids is 1. The van der Waals surface area contributed by atoms with E-state index >= 15 is 0 Å². The van der Waals surface area contributed by atoms with E-state index in [9.17, 15) is 4.79 Å². The minimum atomic E-state index is -0.386. The van der Waals surface area contributed by atoms with Crippen molar-refractivity contribution in [3.63, 3.8) is 0 Å². The molecular weight excluding hydrogens is 228 g/mol. The van der Waals surface area contributed by atoms with Gasteiger partial charge in [0.1, 0.15) is 6.07 Å². The Labute approximate surface area is 104 Å². The molecule has 2 aromatic rings. The third-order valence-corrected chi connectivity index (χ3v) is 2.37. The highest BCUT2D eigenvalue weighted by Crippen LogP contribution is 2.15. The van der Waals surface area contributed by atoms with E-state index < -0.39 is 0 Å². The van der Waals surface area contributed by atoms with Crippen molar-refractivity contribution in [3.8, 4) is 6.07 Å². The fourth-order valence-corrected chi connectivity index (χ4v) is 1.47. The number of aromatic nitrogens is 1. The number of nitriles is 1. The number of anilines is 2. The maximum absolute atomic E-state index is 12.0. The normalized spacial score (nSPS) is 9.50. The summed E-state index contributed by atoms with van der Waals surface area (Å²) in [6.45, 7) is 0. The van der Waals surface area contributed by atoms with Crippen LogP contribution in [-0.4, -0.2) is 10.9 Å². The number of carbonyl (C=O) groups is 1. The van der Waals surface area contributed by atoms with Gasteiger partial charge in [0, 0.05) is 11.9 Å². The number of hydrogen-bond acceptors (Lipinski definition) is 4. The molecule has 0 aliphatic rings. The van der Waals surface area contributed by atoms with Crippen LogP contribution in [0, 0.1) is 11.3 Å². The Morgan fingerprint density at radius 3 is 2.78 bits per heavy atom. The lowest BCUT2D eigenvalue weighted by Gasteiger charge is -2.07.